The predicted octanol–water partition coefficient (Wildman–Crippen LogP) is 3.95. The van der Waals surface area contributed by atoms with Crippen molar-refractivity contribution >= 4 is 29.3 Å². The Kier molecular flexibility index (Phi) is 5.86. The number of rotatable bonds is 4. The summed E-state index contributed by atoms with van der Waals surface area (Å²) in [7, 11) is 2.09. The lowest BCUT2D eigenvalue weighted by Crippen LogP contribution is -2.44. The van der Waals surface area contributed by atoms with Crippen LogP contribution in [0.3, 0.4) is 0 Å². The number of pyridine rings is 1. The van der Waals surface area contributed by atoms with E-state index >= 15 is 0 Å². The van der Waals surface area contributed by atoms with Crippen molar-refractivity contribution in [3.05, 3.63) is 52.7 Å². The summed E-state index contributed by atoms with van der Waals surface area (Å²) in [4.78, 5) is 8.26. The molecule has 3 rings (SSSR count). The second-order valence-corrected chi connectivity index (χ2v) is 6.68. The zero-order valence-corrected chi connectivity index (χ0v) is 15.4. The van der Waals surface area contributed by atoms with Crippen LogP contribution in [0.4, 0.5) is 24.7 Å². The molecule has 0 atom stereocenters. The smallest absolute Gasteiger partial charge is 0.368 e. The van der Waals surface area contributed by atoms with E-state index in [0.717, 1.165) is 49.7 Å². The summed E-state index contributed by atoms with van der Waals surface area (Å²) in [6.45, 7) is 3.80. The quantitative estimate of drug-likeness (QED) is 0.626. The molecule has 27 heavy (non-hydrogen) atoms. The normalized spacial score (nSPS) is 16.1. The Balaban J connectivity index is 1.72. The molecule has 1 aliphatic rings. The third kappa shape index (κ3) is 4.90. The van der Waals surface area contributed by atoms with Gasteiger partial charge in [-0.25, -0.2) is 4.98 Å². The number of nitrogens with zero attached hydrogens (tertiary/aromatic N) is 4. The summed E-state index contributed by atoms with van der Waals surface area (Å²) < 4.78 is 38.0. The average molecular weight is 398 g/mol. The summed E-state index contributed by atoms with van der Waals surface area (Å²) in [5.74, 6) is 0.0676. The highest BCUT2D eigenvalue weighted by Crippen LogP contribution is 2.32. The van der Waals surface area contributed by atoms with E-state index in [1.807, 2.05) is 24.3 Å². The minimum absolute atomic E-state index is 0.0676. The summed E-state index contributed by atoms with van der Waals surface area (Å²) in [6.07, 6.45) is -2.15. The molecule has 5 nitrogen and oxygen atoms in total. The Bertz CT molecular complexity index is 817. The minimum atomic E-state index is -4.49. The van der Waals surface area contributed by atoms with Gasteiger partial charge in [-0.2, -0.15) is 18.3 Å². The van der Waals surface area contributed by atoms with Gasteiger partial charge in [-0.15, -0.1) is 0 Å². The number of nitrogens with one attached hydrogen (secondary N) is 1. The number of hydrogen-bond acceptors (Lipinski definition) is 5. The Morgan fingerprint density at radius 2 is 1.89 bits per heavy atom. The van der Waals surface area contributed by atoms with Crippen LogP contribution in [0.15, 0.2) is 41.6 Å². The van der Waals surface area contributed by atoms with Crippen molar-refractivity contribution in [1.82, 2.24) is 9.88 Å². The third-order valence-corrected chi connectivity index (χ3v) is 4.61. The van der Waals surface area contributed by atoms with Crippen LogP contribution in [0.1, 0.15) is 11.1 Å². The second kappa shape index (κ2) is 8.14. The van der Waals surface area contributed by atoms with E-state index in [1.165, 1.54) is 0 Å². The number of hydrogen-bond donors (Lipinski definition) is 1. The second-order valence-electron chi connectivity index (χ2n) is 6.27. The zero-order chi connectivity index (χ0) is 19.4. The van der Waals surface area contributed by atoms with Crippen LogP contribution in [-0.4, -0.2) is 49.3 Å². The van der Waals surface area contributed by atoms with Crippen molar-refractivity contribution in [3.8, 4) is 0 Å². The Morgan fingerprint density at radius 3 is 2.56 bits per heavy atom. The molecule has 9 heteroatoms. The molecule has 1 aromatic carbocycles. The van der Waals surface area contributed by atoms with Crippen molar-refractivity contribution in [2.45, 2.75) is 6.18 Å². The molecule has 0 amide bonds. The van der Waals surface area contributed by atoms with Gasteiger partial charge in [-0.05, 0) is 19.2 Å². The van der Waals surface area contributed by atoms with Gasteiger partial charge in [-0.1, -0.05) is 29.8 Å². The lowest BCUT2D eigenvalue weighted by molar-refractivity contribution is -0.137. The summed E-state index contributed by atoms with van der Waals surface area (Å²) >= 11 is 5.87. The first-order valence-electron chi connectivity index (χ1n) is 8.39. The first kappa shape index (κ1) is 19.4. The molecule has 1 saturated heterocycles. The van der Waals surface area contributed by atoms with Gasteiger partial charge in [-0.3, -0.25) is 5.43 Å². The maximum Gasteiger partial charge on any atom is 0.417 e. The van der Waals surface area contributed by atoms with Crippen molar-refractivity contribution in [2.75, 3.05) is 43.6 Å². The highest BCUT2D eigenvalue weighted by Gasteiger charge is 2.31. The number of hydrazone groups is 1. The fourth-order valence-electron chi connectivity index (χ4n) is 2.77. The van der Waals surface area contributed by atoms with E-state index in [0.29, 0.717) is 0 Å². The predicted molar refractivity (Wildman–Crippen MR) is 102 cm³/mol. The van der Waals surface area contributed by atoms with E-state index in [9.17, 15) is 13.2 Å². The molecule has 144 valence electrons. The van der Waals surface area contributed by atoms with Crippen LogP contribution in [0.2, 0.25) is 5.02 Å². The fourth-order valence-corrected chi connectivity index (χ4v) is 2.98. The number of halogens is 4. The summed E-state index contributed by atoms with van der Waals surface area (Å²) in [5.41, 5.74) is 3.67. The lowest BCUT2D eigenvalue weighted by atomic mass is 10.1. The van der Waals surface area contributed by atoms with Crippen LogP contribution in [0.5, 0.6) is 0 Å². The van der Waals surface area contributed by atoms with Gasteiger partial charge in [0.05, 0.1) is 16.8 Å². The summed E-state index contributed by atoms with van der Waals surface area (Å²) in [6, 6.07) is 8.65. The molecule has 2 heterocycles. The molecule has 0 aliphatic carbocycles. The van der Waals surface area contributed by atoms with Gasteiger partial charge in [0.1, 0.15) is 0 Å². The number of alkyl halides is 3. The number of likely N-dealkylation sites (N-methyl/N-ethyl adjacent to an activating group) is 1. The topological polar surface area (TPSA) is 43.8 Å². The molecule has 1 fully saturated rings. The molecule has 1 aliphatic heterocycles. The first-order chi connectivity index (χ1) is 12.8. The molecular weight excluding hydrogens is 379 g/mol. The van der Waals surface area contributed by atoms with Crippen molar-refractivity contribution in [2.24, 2.45) is 5.10 Å². The molecule has 0 radical (unpaired) electrons. The SMILES string of the molecule is CN1CCN(c2ccccc2C=NNc2ncc(C(F)(F)F)cc2Cl)CC1. The molecule has 1 aromatic heterocycles. The highest BCUT2D eigenvalue weighted by atomic mass is 35.5. The minimum Gasteiger partial charge on any atom is -0.368 e. The van der Waals surface area contributed by atoms with E-state index in [2.05, 4.69) is 32.4 Å². The largest absolute Gasteiger partial charge is 0.417 e. The number of anilines is 2. The lowest BCUT2D eigenvalue weighted by Gasteiger charge is -2.34. The zero-order valence-electron chi connectivity index (χ0n) is 14.7. The molecule has 1 N–H and O–H groups in total. The van der Waals surface area contributed by atoms with E-state index in [-0.39, 0.29) is 10.8 Å². The molecule has 0 saturated carbocycles. The number of piperazine rings is 1. The molecular formula is C18H19ClF3N5. The fraction of sp³-hybridized carbons (Fsp3) is 0.333. The maximum atomic E-state index is 12.7. The van der Waals surface area contributed by atoms with Crippen LogP contribution >= 0.6 is 11.6 Å². The third-order valence-electron chi connectivity index (χ3n) is 4.32. The number of aromatic nitrogens is 1. The monoisotopic (exact) mass is 397 g/mol. The van der Waals surface area contributed by atoms with Gasteiger partial charge < -0.3 is 9.80 Å². The van der Waals surface area contributed by atoms with Crippen molar-refractivity contribution in [1.29, 1.82) is 0 Å². The van der Waals surface area contributed by atoms with Crippen LogP contribution in [0, 0.1) is 0 Å². The number of benzene rings is 1. The Labute approximate surface area is 160 Å². The van der Waals surface area contributed by atoms with Gasteiger partial charge in [0.15, 0.2) is 5.82 Å². The van der Waals surface area contributed by atoms with Gasteiger partial charge in [0.25, 0.3) is 0 Å². The van der Waals surface area contributed by atoms with E-state index < -0.39 is 11.7 Å². The Hall–Kier alpha value is -2.32. The summed E-state index contributed by atoms with van der Waals surface area (Å²) in [5, 5.41) is 3.95. The van der Waals surface area contributed by atoms with Gasteiger partial charge in [0.2, 0.25) is 0 Å². The molecule has 0 bridgehead atoms. The molecule has 0 unspecified atom stereocenters. The molecule has 0 spiro atoms. The van der Waals surface area contributed by atoms with Gasteiger partial charge in [0, 0.05) is 43.6 Å². The first-order valence-corrected chi connectivity index (χ1v) is 8.77. The van der Waals surface area contributed by atoms with Crippen LogP contribution < -0.4 is 10.3 Å². The van der Waals surface area contributed by atoms with Crippen LogP contribution in [-0.2, 0) is 6.18 Å². The van der Waals surface area contributed by atoms with E-state index in [4.69, 9.17) is 11.6 Å². The molecule has 2 aromatic rings. The standard InChI is InChI=1S/C18H19ClF3N5/c1-26-6-8-27(9-7-26)16-5-3-2-4-13(16)11-24-25-17-15(19)10-14(12-23-17)18(20,21)22/h2-5,10-12H,6-9H2,1H3,(H,23,25). The van der Waals surface area contributed by atoms with Crippen LogP contribution in [0.25, 0.3) is 0 Å². The highest BCUT2D eigenvalue weighted by molar-refractivity contribution is 6.32. The maximum absolute atomic E-state index is 12.7. The Morgan fingerprint density at radius 1 is 1.19 bits per heavy atom. The van der Waals surface area contributed by atoms with Crippen molar-refractivity contribution in [3.63, 3.8) is 0 Å². The van der Waals surface area contributed by atoms with Crippen molar-refractivity contribution < 1.29 is 13.2 Å². The van der Waals surface area contributed by atoms with Gasteiger partial charge >= 0.3 is 6.18 Å². The number of para-hydroxylation sites is 1. The average Bonchev–Trinajstić information content (AvgIpc) is 2.63. The van der Waals surface area contributed by atoms with E-state index in [1.54, 1.807) is 6.21 Å².